The summed E-state index contributed by atoms with van der Waals surface area (Å²) < 4.78 is 0. The average molecular weight is 696 g/mol. The van der Waals surface area contributed by atoms with E-state index in [1.165, 1.54) is 4.90 Å². The number of unbranched alkanes of at least 4 members (excludes halogenated alkanes) is 2. The molecule has 1 aliphatic rings. The molecule has 2 aromatic rings. The van der Waals surface area contributed by atoms with Gasteiger partial charge in [0.25, 0.3) is 0 Å². The number of nitrogens with one attached hydrogen (secondary N) is 3. The first-order chi connectivity index (χ1) is 24.1. The smallest absolute Gasteiger partial charge is 0.326 e. The number of likely N-dealkylation sites (tertiary alicyclic amines) is 1. The molecule has 0 aliphatic carbocycles. The maximum Gasteiger partial charge on any atom is 0.326 e. The predicted molar refractivity (Wildman–Crippen MR) is 188 cm³/mol. The molecule has 2 amide bonds. The van der Waals surface area contributed by atoms with Crippen LogP contribution >= 0.6 is 0 Å². The molecule has 0 spiro atoms. The minimum Gasteiger partial charge on any atom is -0.480 e. The van der Waals surface area contributed by atoms with Gasteiger partial charge in [-0.25, -0.2) is 4.79 Å². The fourth-order valence-corrected chi connectivity index (χ4v) is 6.31. The van der Waals surface area contributed by atoms with E-state index >= 15 is 0 Å². The summed E-state index contributed by atoms with van der Waals surface area (Å²) in [6, 6.07) is 14.4. The third kappa shape index (κ3) is 13.5. The van der Waals surface area contributed by atoms with E-state index in [0.29, 0.717) is 70.8 Å². The summed E-state index contributed by atoms with van der Waals surface area (Å²) in [6.07, 6.45) is 5.36. The van der Waals surface area contributed by atoms with Crippen molar-refractivity contribution in [3.8, 4) is 0 Å². The van der Waals surface area contributed by atoms with Gasteiger partial charge in [-0.15, -0.1) is 0 Å². The highest BCUT2D eigenvalue weighted by atomic mass is 16.4. The van der Waals surface area contributed by atoms with Gasteiger partial charge in [0.15, 0.2) is 0 Å². The Bertz CT molecular complexity index is 1360. The van der Waals surface area contributed by atoms with Crippen molar-refractivity contribution in [2.45, 2.75) is 107 Å². The molecule has 274 valence electrons. The van der Waals surface area contributed by atoms with Crippen LogP contribution in [0.25, 0.3) is 0 Å². The summed E-state index contributed by atoms with van der Waals surface area (Å²) in [6.45, 7) is 1.000. The first-order valence-electron chi connectivity index (χ1n) is 17.7. The van der Waals surface area contributed by atoms with E-state index in [1.807, 2.05) is 60.7 Å². The summed E-state index contributed by atoms with van der Waals surface area (Å²) in [5.41, 5.74) is 7.62. The number of nitrogens with zero attached hydrogens (tertiary/aromatic N) is 1. The normalized spacial score (nSPS) is 16.7. The van der Waals surface area contributed by atoms with Crippen molar-refractivity contribution in [1.82, 2.24) is 20.9 Å². The van der Waals surface area contributed by atoms with E-state index in [9.17, 15) is 39.3 Å². The Morgan fingerprint density at radius 2 is 1.22 bits per heavy atom. The predicted octanol–water partition coefficient (Wildman–Crippen LogP) is 2.57. The maximum absolute atomic E-state index is 13.7. The number of aryl methyl sites for hydroxylation is 2. The van der Waals surface area contributed by atoms with Gasteiger partial charge in [0.05, 0.1) is 12.1 Å². The lowest BCUT2D eigenvalue weighted by Gasteiger charge is -2.29. The van der Waals surface area contributed by atoms with Gasteiger partial charge in [-0.2, -0.15) is 0 Å². The Morgan fingerprint density at radius 3 is 1.74 bits per heavy atom. The van der Waals surface area contributed by atoms with Crippen molar-refractivity contribution < 1.29 is 39.3 Å². The molecular formula is C37H53N5O8. The van der Waals surface area contributed by atoms with Crippen LogP contribution in [0.5, 0.6) is 0 Å². The van der Waals surface area contributed by atoms with Crippen molar-refractivity contribution in [3.05, 3.63) is 71.8 Å². The van der Waals surface area contributed by atoms with E-state index < -0.39 is 54.0 Å². The molecule has 0 saturated carbocycles. The zero-order valence-electron chi connectivity index (χ0n) is 28.7. The van der Waals surface area contributed by atoms with E-state index in [-0.39, 0.29) is 31.8 Å². The zero-order chi connectivity index (χ0) is 36.3. The average Bonchev–Trinajstić information content (AvgIpc) is 3.61. The molecule has 1 aliphatic heterocycles. The molecule has 0 radical (unpaired) electrons. The highest BCUT2D eigenvalue weighted by Crippen LogP contribution is 2.21. The van der Waals surface area contributed by atoms with Crippen LogP contribution in [0.3, 0.4) is 0 Å². The minimum absolute atomic E-state index is 0.239. The molecule has 50 heavy (non-hydrogen) atoms. The van der Waals surface area contributed by atoms with E-state index in [2.05, 4.69) is 16.0 Å². The third-order valence-electron chi connectivity index (χ3n) is 9.13. The second kappa shape index (κ2) is 21.7. The second-order valence-electron chi connectivity index (χ2n) is 12.9. The molecular weight excluding hydrogens is 642 g/mol. The number of nitrogens with two attached hydrogens (primary N) is 1. The summed E-state index contributed by atoms with van der Waals surface area (Å²) in [7, 11) is 0. The van der Waals surface area contributed by atoms with Crippen LogP contribution in [0.15, 0.2) is 60.7 Å². The molecule has 13 nitrogen and oxygen atoms in total. The van der Waals surface area contributed by atoms with Crippen molar-refractivity contribution >= 4 is 29.7 Å². The first-order valence-corrected chi connectivity index (χ1v) is 17.7. The molecule has 5 atom stereocenters. The van der Waals surface area contributed by atoms with Gasteiger partial charge in [-0.05, 0) is 88.3 Å². The Balaban J connectivity index is 1.60. The molecule has 3 rings (SSSR count). The Labute approximate surface area is 294 Å². The van der Waals surface area contributed by atoms with Crippen molar-refractivity contribution in [3.63, 3.8) is 0 Å². The van der Waals surface area contributed by atoms with Crippen molar-refractivity contribution in [2.24, 2.45) is 5.73 Å². The second-order valence-corrected chi connectivity index (χ2v) is 12.9. The van der Waals surface area contributed by atoms with Crippen molar-refractivity contribution in [1.29, 1.82) is 0 Å². The van der Waals surface area contributed by atoms with Gasteiger partial charge in [0, 0.05) is 13.1 Å². The molecule has 1 saturated heterocycles. The number of carboxylic acids is 3. The van der Waals surface area contributed by atoms with Gasteiger partial charge in [-0.3, -0.25) is 29.8 Å². The van der Waals surface area contributed by atoms with Gasteiger partial charge in [-0.1, -0.05) is 67.1 Å². The van der Waals surface area contributed by atoms with Gasteiger partial charge >= 0.3 is 17.9 Å². The lowest BCUT2D eigenvalue weighted by molar-refractivity contribution is -0.149. The highest BCUT2D eigenvalue weighted by molar-refractivity contribution is 5.88. The van der Waals surface area contributed by atoms with E-state index in [4.69, 9.17) is 5.73 Å². The molecule has 2 aromatic carbocycles. The quantitative estimate of drug-likeness (QED) is 0.0794. The fraction of sp³-hybridized carbons (Fsp3) is 0.541. The number of hydrogen-bond acceptors (Lipinski definition) is 8. The van der Waals surface area contributed by atoms with Crippen LogP contribution in [0.2, 0.25) is 0 Å². The standard InChI is InChI=1S/C37H53N5O8/c38-23-9-7-16-28(40-30(35(45)46)21-19-26-12-3-1-4-13-26)33(43)39-24-10-8-17-29(34(44)42-25-11-18-32(42)37(49)50)41-31(36(47)48)22-20-27-14-5-2-6-15-27/h1-6,12-15,28-32,40-41H,7-11,16-25,38H2,(H,39,43)(H,45,46)(H,47,48)(H,49,50)/t28-,29+,30+,31+,32+/m1/s1. The number of hydrogen-bond donors (Lipinski definition) is 7. The van der Waals surface area contributed by atoms with E-state index in [1.54, 1.807) is 0 Å². The van der Waals surface area contributed by atoms with Crippen LogP contribution in [0.1, 0.15) is 75.3 Å². The molecule has 1 heterocycles. The van der Waals surface area contributed by atoms with Crippen molar-refractivity contribution in [2.75, 3.05) is 19.6 Å². The molecule has 0 bridgehead atoms. The summed E-state index contributed by atoms with van der Waals surface area (Å²) in [5, 5.41) is 38.5. The number of aliphatic carboxylic acids is 3. The summed E-state index contributed by atoms with van der Waals surface area (Å²) >= 11 is 0. The Kier molecular flexibility index (Phi) is 17.4. The lowest BCUT2D eigenvalue weighted by atomic mass is 10.0. The number of carboxylic acid groups (broad SMARTS) is 3. The number of carbonyl (C=O) groups is 5. The number of amides is 2. The van der Waals surface area contributed by atoms with Crippen LogP contribution in [0.4, 0.5) is 0 Å². The molecule has 0 unspecified atom stereocenters. The highest BCUT2D eigenvalue weighted by Gasteiger charge is 2.38. The molecule has 8 N–H and O–H groups in total. The van der Waals surface area contributed by atoms with Crippen LogP contribution < -0.4 is 21.7 Å². The zero-order valence-corrected chi connectivity index (χ0v) is 28.7. The number of rotatable bonds is 24. The third-order valence-corrected chi connectivity index (χ3v) is 9.13. The number of benzene rings is 2. The SMILES string of the molecule is NCCCC[C@@H](N[C@@H](CCc1ccccc1)C(=O)O)C(=O)NCCCC[C@H](N[C@@H](CCc1ccccc1)C(=O)O)C(=O)N1CCC[C@H]1C(=O)O. The van der Waals surface area contributed by atoms with Crippen LogP contribution in [0, 0.1) is 0 Å². The maximum atomic E-state index is 13.7. The van der Waals surface area contributed by atoms with Gasteiger partial charge < -0.3 is 31.3 Å². The van der Waals surface area contributed by atoms with Crippen LogP contribution in [-0.2, 0) is 36.8 Å². The van der Waals surface area contributed by atoms with E-state index in [0.717, 1.165) is 11.1 Å². The Hall–Kier alpha value is -4.33. The molecule has 1 fully saturated rings. The van der Waals surface area contributed by atoms with Crippen LogP contribution in [-0.4, -0.2) is 99.8 Å². The van der Waals surface area contributed by atoms with Gasteiger partial charge in [0.1, 0.15) is 18.1 Å². The minimum atomic E-state index is -1.10. The molecule has 0 aromatic heterocycles. The lowest BCUT2D eigenvalue weighted by Crippen LogP contribution is -2.54. The first kappa shape index (κ1) is 40.1. The Morgan fingerprint density at radius 1 is 0.700 bits per heavy atom. The molecule has 13 heteroatoms. The largest absolute Gasteiger partial charge is 0.480 e. The van der Waals surface area contributed by atoms with Gasteiger partial charge in [0.2, 0.25) is 11.8 Å². The topological polar surface area (TPSA) is 211 Å². The number of carbonyl (C=O) groups excluding carboxylic acids is 2. The summed E-state index contributed by atoms with van der Waals surface area (Å²) in [4.78, 5) is 64.4. The summed E-state index contributed by atoms with van der Waals surface area (Å²) in [5.74, 6) is -3.99. The fourth-order valence-electron chi connectivity index (χ4n) is 6.31. The monoisotopic (exact) mass is 695 g/mol.